The number of carbonyl (C=O) groups excluding carboxylic acids is 1. The molecule has 2 N–H and O–H groups in total. The van der Waals surface area contributed by atoms with E-state index < -0.39 is 16.1 Å². The Morgan fingerprint density at radius 2 is 1.88 bits per heavy atom. The lowest BCUT2D eigenvalue weighted by molar-refractivity contribution is -0.125. The van der Waals surface area contributed by atoms with Crippen molar-refractivity contribution in [2.45, 2.75) is 31.2 Å². The quantitative estimate of drug-likeness (QED) is 0.557. The van der Waals surface area contributed by atoms with E-state index in [0.29, 0.717) is 19.5 Å². The first-order chi connectivity index (χ1) is 15.8. The number of hydrogen-bond acceptors (Lipinski definition) is 4. The number of carbonyl (C=O) groups is 1. The van der Waals surface area contributed by atoms with Crippen LogP contribution in [-0.4, -0.2) is 63.1 Å². The molecule has 2 aromatic carbocycles. The summed E-state index contributed by atoms with van der Waals surface area (Å²) in [5.41, 5.74) is 4.34. The second kappa shape index (κ2) is 9.57. The molecule has 0 saturated carbocycles. The number of nitrogens with zero attached hydrogens (tertiary/aromatic N) is 2. The van der Waals surface area contributed by atoms with Crippen molar-refractivity contribution in [3.63, 3.8) is 0 Å². The molecule has 0 bridgehead atoms. The van der Waals surface area contributed by atoms with Crippen molar-refractivity contribution in [2.24, 2.45) is 0 Å². The SMILES string of the molecule is CN(C)c1ccc(C(CNC(=O)C2CCCCN2S(C)(=O)=O)c2c[nH]c3ccccc23)cc1. The average Bonchev–Trinajstić information content (AvgIpc) is 3.23. The van der Waals surface area contributed by atoms with Gasteiger partial charge in [-0.25, -0.2) is 8.42 Å². The van der Waals surface area contributed by atoms with E-state index in [1.54, 1.807) is 0 Å². The summed E-state index contributed by atoms with van der Waals surface area (Å²) in [5.74, 6) is -0.300. The Morgan fingerprint density at radius 3 is 2.58 bits per heavy atom. The van der Waals surface area contributed by atoms with Gasteiger partial charge in [-0.05, 0) is 42.2 Å². The Hall–Kier alpha value is -2.84. The van der Waals surface area contributed by atoms with Gasteiger partial charge in [0.1, 0.15) is 6.04 Å². The van der Waals surface area contributed by atoms with E-state index in [0.717, 1.165) is 40.6 Å². The third-order valence-corrected chi connectivity index (χ3v) is 7.76. The summed E-state index contributed by atoms with van der Waals surface area (Å²) in [4.78, 5) is 18.5. The van der Waals surface area contributed by atoms with Crippen LogP contribution in [0.2, 0.25) is 0 Å². The minimum absolute atomic E-state index is 0.0726. The number of para-hydroxylation sites is 1. The van der Waals surface area contributed by atoms with Crippen molar-refractivity contribution in [1.82, 2.24) is 14.6 Å². The van der Waals surface area contributed by atoms with E-state index >= 15 is 0 Å². The monoisotopic (exact) mass is 468 g/mol. The summed E-state index contributed by atoms with van der Waals surface area (Å²) in [6.07, 6.45) is 5.37. The van der Waals surface area contributed by atoms with E-state index in [2.05, 4.69) is 45.5 Å². The fourth-order valence-electron chi connectivity index (χ4n) is 4.68. The van der Waals surface area contributed by atoms with E-state index in [9.17, 15) is 13.2 Å². The van der Waals surface area contributed by atoms with Crippen LogP contribution in [0.25, 0.3) is 10.9 Å². The van der Waals surface area contributed by atoms with Gasteiger partial charge in [0.15, 0.2) is 0 Å². The number of H-pyrrole nitrogens is 1. The molecular formula is C25H32N4O3S. The van der Waals surface area contributed by atoms with E-state index in [1.165, 1.54) is 10.6 Å². The van der Waals surface area contributed by atoms with E-state index in [4.69, 9.17) is 0 Å². The van der Waals surface area contributed by atoms with Gasteiger partial charge in [-0.1, -0.05) is 36.8 Å². The summed E-state index contributed by atoms with van der Waals surface area (Å²) in [5, 5.41) is 4.19. The maximum absolute atomic E-state index is 13.1. The van der Waals surface area contributed by atoms with Gasteiger partial charge in [-0.2, -0.15) is 4.31 Å². The molecule has 1 aliphatic heterocycles. The Balaban J connectivity index is 1.62. The lowest BCUT2D eigenvalue weighted by Gasteiger charge is -2.33. The minimum Gasteiger partial charge on any atom is -0.378 e. The molecule has 8 heteroatoms. The van der Waals surface area contributed by atoms with Crippen molar-refractivity contribution in [2.75, 3.05) is 38.3 Å². The molecular weight excluding hydrogens is 436 g/mol. The van der Waals surface area contributed by atoms with Crippen molar-refractivity contribution in [3.05, 3.63) is 65.9 Å². The van der Waals surface area contributed by atoms with Crippen LogP contribution in [0.15, 0.2) is 54.7 Å². The molecule has 2 unspecified atom stereocenters. The predicted octanol–water partition coefficient (Wildman–Crippen LogP) is 3.30. The number of benzene rings is 2. The van der Waals surface area contributed by atoms with Crippen LogP contribution in [0.1, 0.15) is 36.3 Å². The first kappa shape index (κ1) is 23.3. The van der Waals surface area contributed by atoms with Gasteiger partial charge in [-0.15, -0.1) is 0 Å². The largest absolute Gasteiger partial charge is 0.378 e. The molecule has 176 valence electrons. The van der Waals surface area contributed by atoms with Crippen LogP contribution < -0.4 is 10.2 Å². The van der Waals surface area contributed by atoms with Crippen LogP contribution in [0.4, 0.5) is 5.69 Å². The van der Waals surface area contributed by atoms with Crippen LogP contribution in [0.3, 0.4) is 0 Å². The number of piperidine rings is 1. The number of hydrogen-bond donors (Lipinski definition) is 2. The summed E-state index contributed by atoms with van der Waals surface area (Å²) in [6, 6.07) is 15.8. The maximum atomic E-state index is 13.1. The lowest BCUT2D eigenvalue weighted by atomic mass is 9.90. The summed E-state index contributed by atoms with van der Waals surface area (Å²) >= 11 is 0. The molecule has 4 rings (SSSR count). The average molecular weight is 469 g/mol. The fourth-order valence-corrected chi connectivity index (χ4v) is 5.80. The zero-order valence-electron chi connectivity index (χ0n) is 19.4. The predicted molar refractivity (Wildman–Crippen MR) is 133 cm³/mol. The van der Waals surface area contributed by atoms with Crippen molar-refractivity contribution in [1.29, 1.82) is 0 Å². The topological polar surface area (TPSA) is 85.5 Å². The molecule has 33 heavy (non-hydrogen) atoms. The molecule has 1 amide bonds. The summed E-state index contributed by atoms with van der Waals surface area (Å²) in [7, 11) is 0.575. The zero-order chi connectivity index (χ0) is 23.6. The van der Waals surface area contributed by atoms with Gasteiger partial charge in [-0.3, -0.25) is 4.79 Å². The Morgan fingerprint density at radius 1 is 1.15 bits per heavy atom. The normalized spacial score (nSPS) is 18.2. The number of nitrogens with one attached hydrogen (secondary N) is 2. The first-order valence-corrected chi connectivity index (χ1v) is 13.2. The maximum Gasteiger partial charge on any atom is 0.238 e. The number of sulfonamides is 1. The molecule has 0 aliphatic carbocycles. The molecule has 2 heterocycles. The third kappa shape index (κ3) is 5.07. The fraction of sp³-hybridized carbons (Fsp3) is 0.400. The van der Waals surface area contributed by atoms with Gasteiger partial charge in [0.2, 0.25) is 15.9 Å². The van der Waals surface area contributed by atoms with E-state index in [1.807, 2.05) is 38.5 Å². The standard InChI is InChI=1S/C25H32N4O3S/c1-28(2)19-13-11-18(12-14-19)21(22-17-26-23-9-5-4-8-20(22)23)16-27-25(30)24-10-6-7-15-29(24)33(3,31)32/h4-5,8-9,11-14,17,21,24,26H,6-7,10,15-16H2,1-3H3,(H,27,30). The Labute approximate surface area is 195 Å². The van der Waals surface area contributed by atoms with Crippen LogP contribution in [0, 0.1) is 0 Å². The highest BCUT2D eigenvalue weighted by molar-refractivity contribution is 7.88. The van der Waals surface area contributed by atoms with Crippen molar-refractivity contribution < 1.29 is 13.2 Å². The highest BCUT2D eigenvalue weighted by Crippen LogP contribution is 2.31. The second-order valence-electron chi connectivity index (χ2n) is 8.96. The Kier molecular flexibility index (Phi) is 6.76. The molecule has 1 saturated heterocycles. The molecule has 2 atom stereocenters. The number of fused-ring (bicyclic) bond motifs is 1. The van der Waals surface area contributed by atoms with Gasteiger partial charge in [0.05, 0.1) is 6.26 Å². The van der Waals surface area contributed by atoms with Gasteiger partial charge < -0.3 is 15.2 Å². The number of amides is 1. The van der Waals surface area contributed by atoms with Crippen molar-refractivity contribution >= 4 is 32.5 Å². The number of aromatic nitrogens is 1. The minimum atomic E-state index is -3.43. The second-order valence-corrected chi connectivity index (χ2v) is 10.9. The molecule has 1 aliphatic rings. The van der Waals surface area contributed by atoms with Crippen LogP contribution in [-0.2, 0) is 14.8 Å². The van der Waals surface area contributed by atoms with E-state index in [-0.39, 0.29) is 11.8 Å². The lowest BCUT2D eigenvalue weighted by Crippen LogP contribution is -2.52. The highest BCUT2D eigenvalue weighted by atomic mass is 32.2. The number of rotatable bonds is 7. The summed E-state index contributed by atoms with van der Waals surface area (Å²) in [6.45, 7) is 0.783. The smallest absolute Gasteiger partial charge is 0.238 e. The van der Waals surface area contributed by atoms with Gasteiger partial charge in [0, 0.05) is 55.9 Å². The molecule has 1 fully saturated rings. The van der Waals surface area contributed by atoms with Crippen LogP contribution >= 0.6 is 0 Å². The van der Waals surface area contributed by atoms with Crippen LogP contribution in [0.5, 0.6) is 0 Å². The van der Waals surface area contributed by atoms with Gasteiger partial charge >= 0.3 is 0 Å². The molecule has 0 spiro atoms. The van der Waals surface area contributed by atoms with Crippen molar-refractivity contribution in [3.8, 4) is 0 Å². The molecule has 7 nitrogen and oxygen atoms in total. The molecule has 0 radical (unpaired) electrons. The molecule has 3 aromatic rings. The number of aromatic amines is 1. The zero-order valence-corrected chi connectivity index (χ0v) is 20.2. The Bertz CT molecular complexity index is 1220. The van der Waals surface area contributed by atoms with Gasteiger partial charge in [0.25, 0.3) is 0 Å². The highest BCUT2D eigenvalue weighted by Gasteiger charge is 2.34. The molecule has 1 aromatic heterocycles. The first-order valence-electron chi connectivity index (χ1n) is 11.3. The number of anilines is 1. The summed E-state index contributed by atoms with van der Waals surface area (Å²) < 4.78 is 25.8. The third-order valence-electron chi connectivity index (χ3n) is 6.47.